The first kappa shape index (κ1) is 21.6. The molecule has 2 aromatic heterocycles. The van der Waals surface area contributed by atoms with Crippen LogP contribution >= 0.6 is 0 Å². The smallest absolute Gasteiger partial charge is 0.319 e. The van der Waals surface area contributed by atoms with Gasteiger partial charge in [-0.25, -0.2) is 9.78 Å². The molecular formula is C23H33N5O3. The first-order valence-electron chi connectivity index (χ1n) is 11.5. The van der Waals surface area contributed by atoms with Crippen molar-refractivity contribution in [2.24, 2.45) is 11.8 Å². The Bertz CT molecular complexity index is 869. The van der Waals surface area contributed by atoms with E-state index in [0.717, 1.165) is 76.2 Å². The van der Waals surface area contributed by atoms with Gasteiger partial charge in [-0.2, -0.15) is 0 Å². The van der Waals surface area contributed by atoms with Gasteiger partial charge in [0.2, 0.25) is 5.91 Å². The van der Waals surface area contributed by atoms with Crippen molar-refractivity contribution < 1.29 is 14.3 Å². The average Bonchev–Trinajstić information content (AvgIpc) is 3.27. The van der Waals surface area contributed by atoms with Crippen LogP contribution in [0.15, 0.2) is 30.7 Å². The van der Waals surface area contributed by atoms with E-state index >= 15 is 0 Å². The molecule has 2 saturated heterocycles. The number of pyridine rings is 1. The Morgan fingerprint density at radius 3 is 2.71 bits per heavy atom. The fourth-order valence-corrected chi connectivity index (χ4v) is 4.57. The highest BCUT2D eigenvalue weighted by Gasteiger charge is 2.29. The fourth-order valence-electron chi connectivity index (χ4n) is 4.57. The summed E-state index contributed by atoms with van der Waals surface area (Å²) in [6, 6.07) is 3.54. The van der Waals surface area contributed by atoms with E-state index < -0.39 is 0 Å². The quantitative estimate of drug-likeness (QED) is 0.664. The van der Waals surface area contributed by atoms with Gasteiger partial charge in [0.15, 0.2) is 0 Å². The van der Waals surface area contributed by atoms with E-state index in [1.807, 2.05) is 28.9 Å². The minimum absolute atomic E-state index is 0.171. The lowest BCUT2D eigenvalue weighted by molar-refractivity contribution is -0.140. The van der Waals surface area contributed by atoms with E-state index in [0.29, 0.717) is 18.4 Å². The maximum absolute atomic E-state index is 12.6. The van der Waals surface area contributed by atoms with Crippen LogP contribution in [-0.2, 0) is 9.53 Å². The summed E-state index contributed by atoms with van der Waals surface area (Å²) >= 11 is 0. The van der Waals surface area contributed by atoms with Crippen molar-refractivity contribution in [3.05, 3.63) is 30.7 Å². The van der Waals surface area contributed by atoms with Crippen LogP contribution in [0.4, 0.5) is 10.5 Å². The van der Waals surface area contributed by atoms with Crippen LogP contribution in [0.2, 0.25) is 0 Å². The molecule has 2 aliphatic rings. The van der Waals surface area contributed by atoms with Gasteiger partial charge in [-0.05, 0) is 50.2 Å². The second-order valence-electron chi connectivity index (χ2n) is 8.64. The zero-order chi connectivity index (χ0) is 21.5. The molecule has 4 heterocycles. The lowest BCUT2D eigenvalue weighted by Gasteiger charge is -2.35. The zero-order valence-electron chi connectivity index (χ0n) is 18.1. The number of carbonyl (C=O) groups is 2. The third-order valence-corrected chi connectivity index (χ3v) is 6.47. The average molecular weight is 428 g/mol. The molecule has 31 heavy (non-hydrogen) atoms. The number of urea groups is 1. The van der Waals surface area contributed by atoms with Gasteiger partial charge in [0, 0.05) is 57.4 Å². The normalized spacial score (nSPS) is 18.3. The lowest BCUT2D eigenvalue weighted by atomic mass is 9.90. The van der Waals surface area contributed by atoms with Crippen molar-refractivity contribution in [1.82, 2.24) is 19.6 Å². The number of fused-ring (bicyclic) bond motifs is 1. The number of nitrogens with zero attached hydrogens (tertiary/aromatic N) is 3. The summed E-state index contributed by atoms with van der Waals surface area (Å²) < 4.78 is 7.24. The number of rotatable bonds is 7. The second kappa shape index (κ2) is 10.6. The molecule has 2 N–H and O–H groups in total. The molecule has 0 aromatic carbocycles. The minimum Gasteiger partial charge on any atom is -0.381 e. The molecule has 0 saturated carbocycles. The van der Waals surface area contributed by atoms with Crippen molar-refractivity contribution in [2.75, 3.05) is 38.2 Å². The van der Waals surface area contributed by atoms with Crippen molar-refractivity contribution >= 4 is 23.3 Å². The molecule has 8 heteroatoms. The number of anilines is 1. The highest BCUT2D eigenvalue weighted by molar-refractivity contribution is 5.89. The highest BCUT2D eigenvalue weighted by atomic mass is 16.5. The van der Waals surface area contributed by atoms with Crippen LogP contribution in [-0.4, -0.2) is 59.1 Å². The molecule has 0 aliphatic carbocycles. The summed E-state index contributed by atoms with van der Waals surface area (Å²) in [7, 11) is 0. The number of carbonyl (C=O) groups excluding carboxylic acids is 2. The van der Waals surface area contributed by atoms with Crippen LogP contribution in [0.5, 0.6) is 0 Å². The molecule has 3 amide bonds. The maximum atomic E-state index is 12.6. The van der Waals surface area contributed by atoms with Gasteiger partial charge in [-0.15, -0.1) is 0 Å². The van der Waals surface area contributed by atoms with Crippen molar-refractivity contribution in [1.29, 1.82) is 0 Å². The Hall–Kier alpha value is -2.61. The van der Waals surface area contributed by atoms with Gasteiger partial charge in [-0.3, -0.25) is 4.79 Å². The first-order chi connectivity index (χ1) is 15.2. The van der Waals surface area contributed by atoms with Gasteiger partial charge < -0.3 is 24.7 Å². The summed E-state index contributed by atoms with van der Waals surface area (Å²) in [4.78, 5) is 31.0. The van der Waals surface area contributed by atoms with Gasteiger partial charge in [0.25, 0.3) is 0 Å². The Labute approximate surface area is 183 Å². The van der Waals surface area contributed by atoms with Gasteiger partial charge >= 0.3 is 6.03 Å². The number of hydrogen-bond donors (Lipinski definition) is 2. The third-order valence-electron chi connectivity index (χ3n) is 6.47. The van der Waals surface area contributed by atoms with Crippen LogP contribution in [0.25, 0.3) is 5.65 Å². The number of aromatic nitrogens is 2. The first-order valence-corrected chi connectivity index (χ1v) is 11.5. The van der Waals surface area contributed by atoms with E-state index in [1.165, 1.54) is 6.42 Å². The van der Waals surface area contributed by atoms with E-state index in [-0.39, 0.29) is 11.9 Å². The highest BCUT2D eigenvalue weighted by Crippen LogP contribution is 2.25. The molecule has 0 spiro atoms. The summed E-state index contributed by atoms with van der Waals surface area (Å²) in [6.07, 6.45) is 12.6. The van der Waals surface area contributed by atoms with Crippen LogP contribution < -0.4 is 10.6 Å². The molecule has 0 unspecified atom stereocenters. The Morgan fingerprint density at radius 1 is 1.10 bits per heavy atom. The minimum atomic E-state index is -0.181. The molecule has 0 radical (unpaired) electrons. The van der Waals surface area contributed by atoms with E-state index in [1.54, 1.807) is 6.20 Å². The summed E-state index contributed by atoms with van der Waals surface area (Å²) in [6.45, 7) is 3.89. The van der Waals surface area contributed by atoms with Crippen LogP contribution in [0, 0.1) is 11.8 Å². The standard InChI is InChI=1S/C23H33N5O3/c29-22(19-8-15-31-16-9-19)27-12-6-18(7-13-27)3-1-2-10-25-23(30)26-20-4-5-21-24-11-14-28(21)17-20/h4-5,11,14,17-19H,1-3,6-10,12-13,15-16H2,(H2,25,26,30). The van der Waals surface area contributed by atoms with E-state index in [4.69, 9.17) is 4.74 Å². The third kappa shape index (κ3) is 5.97. The molecule has 2 fully saturated rings. The van der Waals surface area contributed by atoms with Crippen LogP contribution in [0.1, 0.15) is 44.9 Å². The molecule has 168 valence electrons. The van der Waals surface area contributed by atoms with Gasteiger partial charge in [-0.1, -0.05) is 12.8 Å². The largest absolute Gasteiger partial charge is 0.381 e. The van der Waals surface area contributed by atoms with Crippen molar-refractivity contribution in [3.63, 3.8) is 0 Å². The molecule has 2 aromatic rings. The molecule has 0 bridgehead atoms. The van der Waals surface area contributed by atoms with Gasteiger partial charge in [0.05, 0.1) is 5.69 Å². The monoisotopic (exact) mass is 427 g/mol. The molecule has 8 nitrogen and oxygen atoms in total. The SMILES string of the molecule is O=C(NCCCCC1CCN(C(=O)C2CCOCC2)CC1)Nc1ccc2nccn2c1. The second-order valence-corrected chi connectivity index (χ2v) is 8.64. The number of hydrogen-bond acceptors (Lipinski definition) is 4. The molecule has 2 aliphatic heterocycles. The molecule has 0 atom stereocenters. The number of likely N-dealkylation sites (tertiary alicyclic amines) is 1. The molecule has 4 rings (SSSR count). The lowest BCUT2D eigenvalue weighted by Crippen LogP contribution is -2.43. The number of piperidine rings is 1. The molecular weight excluding hydrogens is 394 g/mol. The topological polar surface area (TPSA) is 88.0 Å². The van der Waals surface area contributed by atoms with E-state index in [9.17, 15) is 9.59 Å². The van der Waals surface area contributed by atoms with Gasteiger partial charge in [0.1, 0.15) is 5.65 Å². The summed E-state index contributed by atoms with van der Waals surface area (Å²) in [5, 5.41) is 5.79. The summed E-state index contributed by atoms with van der Waals surface area (Å²) in [5.41, 5.74) is 1.59. The Morgan fingerprint density at radius 2 is 1.90 bits per heavy atom. The van der Waals surface area contributed by atoms with Crippen molar-refractivity contribution in [2.45, 2.75) is 44.9 Å². The number of unbranched alkanes of at least 4 members (excludes halogenated alkanes) is 1. The zero-order valence-corrected chi connectivity index (χ0v) is 18.1. The number of ether oxygens (including phenoxy) is 1. The van der Waals surface area contributed by atoms with Crippen LogP contribution in [0.3, 0.4) is 0 Å². The number of amides is 3. The predicted octanol–water partition coefficient (Wildman–Crippen LogP) is 3.29. The Kier molecular flexibility index (Phi) is 7.40. The Balaban J connectivity index is 1.07. The predicted molar refractivity (Wildman–Crippen MR) is 119 cm³/mol. The number of imidazole rings is 1. The van der Waals surface area contributed by atoms with E-state index in [2.05, 4.69) is 20.5 Å². The summed E-state index contributed by atoms with van der Waals surface area (Å²) in [5.74, 6) is 1.20. The fraction of sp³-hybridized carbons (Fsp3) is 0.609. The number of nitrogens with one attached hydrogen (secondary N) is 2. The maximum Gasteiger partial charge on any atom is 0.319 e. The van der Waals surface area contributed by atoms with Crippen molar-refractivity contribution in [3.8, 4) is 0 Å².